The van der Waals surface area contributed by atoms with Gasteiger partial charge in [-0.2, -0.15) is 0 Å². The molecule has 1 heterocycles. The molecule has 98 valence electrons. The topological polar surface area (TPSA) is 52.6 Å². The lowest BCUT2D eigenvalue weighted by atomic mass is 10.1. The summed E-state index contributed by atoms with van der Waals surface area (Å²) in [7, 11) is 0. The van der Waals surface area contributed by atoms with Crippen LogP contribution in [0.5, 0.6) is 0 Å². The Bertz CT molecular complexity index is 420. The molecule has 0 spiro atoms. The van der Waals surface area contributed by atoms with Crippen molar-refractivity contribution in [2.24, 2.45) is 0 Å². The molecule has 0 radical (unpaired) electrons. The number of hydrogen-bond acceptors (Lipinski definition) is 3. The maximum absolute atomic E-state index is 12.4. The summed E-state index contributed by atoms with van der Waals surface area (Å²) in [5.41, 5.74) is 2.10. The first-order valence-electron chi connectivity index (χ1n) is 6.44. The van der Waals surface area contributed by atoms with Crippen LogP contribution in [-0.2, 0) is 4.79 Å². The normalized spacial score (nSPS) is 20.9. The summed E-state index contributed by atoms with van der Waals surface area (Å²) in [6.07, 6.45) is 1.41. The number of aryl methyl sites for hydroxylation is 1. The fraction of sp³-hybridized carbons (Fsp3) is 0.500. The van der Waals surface area contributed by atoms with Crippen LogP contribution in [0.3, 0.4) is 0 Å². The summed E-state index contributed by atoms with van der Waals surface area (Å²) in [5.74, 6) is 0.0622. The highest BCUT2D eigenvalue weighted by atomic mass is 16.3. The molecule has 1 aliphatic heterocycles. The van der Waals surface area contributed by atoms with Crippen molar-refractivity contribution in [3.63, 3.8) is 0 Å². The number of hydrogen-bond donors (Lipinski definition) is 2. The third-order valence-corrected chi connectivity index (χ3v) is 3.24. The molecule has 1 aromatic carbocycles. The number of rotatable bonds is 3. The summed E-state index contributed by atoms with van der Waals surface area (Å²) in [6, 6.07) is 7.72. The van der Waals surface area contributed by atoms with Crippen LogP contribution in [0.15, 0.2) is 24.3 Å². The van der Waals surface area contributed by atoms with Crippen molar-refractivity contribution in [1.82, 2.24) is 5.32 Å². The Morgan fingerprint density at radius 2 is 2.33 bits per heavy atom. The highest BCUT2D eigenvalue weighted by molar-refractivity contribution is 5.97. The van der Waals surface area contributed by atoms with E-state index in [1.807, 2.05) is 36.1 Å². The van der Waals surface area contributed by atoms with Gasteiger partial charge in [-0.25, -0.2) is 0 Å². The van der Waals surface area contributed by atoms with Gasteiger partial charge in [0.15, 0.2) is 0 Å². The van der Waals surface area contributed by atoms with E-state index in [1.54, 1.807) is 0 Å². The number of aliphatic hydroxyl groups is 1. The van der Waals surface area contributed by atoms with Crippen molar-refractivity contribution in [1.29, 1.82) is 0 Å². The first-order valence-corrected chi connectivity index (χ1v) is 6.44. The summed E-state index contributed by atoms with van der Waals surface area (Å²) in [4.78, 5) is 14.2. The monoisotopic (exact) mass is 248 g/mol. The van der Waals surface area contributed by atoms with Crippen molar-refractivity contribution in [2.75, 3.05) is 24.6 Å². The third-order valence-electron chi connectivity index (χ3n) is 3.24. The molecule has 1 atom stereocenters. The van der Waals surface area contributed by atoms with E-state index in [4.69, 9.17) is 5.11 Å². The molecule has 1 amide bonds. The molecular weight excluding hydrogens is 228 g/mol. The average molecular weight is 248 g/mol. The number of nitrogens with zero attached hydrogens (tertiary/aromatic N) is 1. The van der Waals surface area contributed by atoms with Crippen LogP contribution in [0.25, 0.3) is 0 Å². The maximum Gasteiger partial charge on any atom is 0.244 e. The highest BCUT2D eigenvalue weighted by Gasteiger charge is 2.26. The number of amides is 1. The molecular formula is C14H20N2O2. The van der Waals surface area contributed by atoms with Crippen LogP contribution in [-0.4, -0.2) is 36.8 Å². The summed E-state index contributed by atoms with van der Waals surface area (Å²) in [6.45, 7) is 3.61. The average Bonchev–Trinajstić information content (AvgIpc) is 2.53. The van der Waals surface area contributed by atoms with Gasteiger partial charge in [0.2, 0.25) is 5.91 Å². The van der Waals surface area contributed by atoms with Gasteiger partial charge in [0.25, 0.3) is 0 Å². The Morgan fingerprint density at radius 1 is 1.50 bits per heavy atom. The van der Waals surface area contributed by atoms with Gasteiger partial charge >= 0.3 is 0 Å². The standard InChI is InChI=1S/C14H20N2O2/c1-11-4-2-5-12(10-11)16-8-3-7-15-13(6-9-17)14(16)18/h2,4-5,10,13,15,17H,3,6-9H2,1H3. The van der Waals surface area contributed by atoms with Gasteiger partial charge in [0, 0.05) is 18.8 Å². The second-order valence-corrected chi connectivity index (χ2v) is 4.70. The molecule has 0 saturated carbocycles. The quantitative estimate of drug-likeness (QED) is 0.841. The van der Waals surface area contributed by atoms with E-state index in [2.05, 4.69) is 5.32 Å². The molecule has 2 N–H and O–H groups in total. The molecule has 0 bridgehead atoms. The van der Waals surface area contributed by atoms with E-state index in [1.165, 1.54) is 0 Å². The van der Waals surface area contributed by atoms with Crippen molar-refractivity contribution in [3.8, 4) is 0 Å². The van der Waals surface area contributed by atoms with Gasteiger partial charge in [-0.15, -0.1) is 0 Å². The minimum Gasteiger partial charge on any atom is -0.396 e. The number of anilines is 1. The first-order chi connectivity index (χ1) is 8.72. The largest absolute Gasteiger partial charge is 0.396 e. The van der Waals surface area contributed by atoms with E-state index < -0.39 is 0 Å². The fourth-order valence-corrected chi connectivity index (χ4v) is 2.31. The van der Waals surface area contributed by atoms with E-state index >= 15 is 0 Å². The Morgan fingerprint density at radius 3 is 3.06 bits per heavy atom. The van der Waals surface area contributed by atoms with Crippen LogP contribution in [0, 0.1) is 6.92 Å². The minimum atomic E-state index is -0.266. The number of benzene rings is 1. The predicted molar refractivity (Wildman–Crippen MR) is 71.6 cm³/mol. The van der Waals surface area contributed by atoms with Crippen LogP contribution in [0.2, 0.25) is 0 Å². The van der Waals surface area contributed by atoms with Gasteiger partial charge in [0.1, 0.15) is 0 Å². The zero-order chi connectivity index (χ0) is 13.0. The van der Waals surface area contributed by atoms with E-state index in [9.17, 15) is 4.79 Å². The van der Waals surface area contributed by atoms with Crippen molar-refractivity contribution in [3.05, 3.63) is 29.8 Å². The molecule has 0 aromatic heterocycles. The molecule has 1 fully saturated rings. The molecule has 2 rings (SSSR count). The fourth-order valence-electron chi connectivity index (χ4n) is 2.31. The van der Waals surface area contributed by atoms with Crippen molar-refractivity contribution >= 4 is 11.6 Å². The molecule has 1 unspecified atom stereocenters. The smallest absolute Gasteiger partial charge is 0.244 e. The van der Waals surface area contributed by atoms with Gasteiger partial charge in [-0.1, -0.05) is 12.1 Å². The Kier molecular flexibility index (Phi) is 4.33. The molecule has 1 aliphatic rings. The maximum atomic E-state index is 12.4. The Labute approximate surface area is 108 Å². The lowest BCUT2D eigenvalue weighted by Crippen LogP contribution is -2.44. The molecule has 4 nitrogen and oxygen atoms in total. The van der Waals surface area contributed by atoms with Gasteiger partial charge in [-0.3, -0.25) is 4.79 Å². The van der Waals surface area contributed by atoms with Crippen molar-refractivity contribution in [2.45, 2.75) is 25.8 Å². The second-order valence-electron chi connectivity index (χ2n) is 4.70. The Balaban J connectivity index is 2.22. The van der Waals surface area contributed by atoms with Gasteiger partial charge in [0.05, 0.1) is 6.04 Å². The second kappa shape index (κ2) is 5.98. The third kappa shape index (κ3) is 2.89. The van der Waals surface area contributed by atoms with E-state index in [0.29, 0.717) is 6.42 Å². The zero-order valence-electron chi connectivity index (χ0n) is 10.7. The summed E-state index contributed by atoms with van der Waals surface area (Å²) in [5, 5.41) is 12.2. The van der Waals surface area contributed by atoms with Crippen LogP contribution >= 0.6 is 0 Å². The number of carbonyl (C=O) groups is 1. The Hall–Kier alpha value is -1.39. The molecule has 0 aliphatic carbocycles. The molecule has 18 heavy (non-hydrogen) atoms. The van der Waals surface area contributed by atoms with Crippen LogP contribution < -0.4 is 10.2 Å². The summed E-state index contributed by atoms with van der Waals surface area (Å²) < 4.78 is 0. The number of aliphatic hydroxyl groups excluding tert-OH is 1. The van der Waals surface area contributed by atoms with Crippen molar-refractivity contribution < 1.29 is 9.90 Å². The highest BCUT2D eigenvalue weighted by Crippen LogP contribution is 2.19. The van der Waals surface area contributed by atoms with Crippen LogP contribution in [0.4, 0.5) is 5.69 Å². The first kappa shape index (κ1) is 13.1. The van der Waals surface area contributed by atoms with E-state index in [-0.39, 0.29) is 18.6 Å². The number of carbonyl (C=O) groups excluding carboxylic acids is 1. The van der Waals surface area contributed by atoms with Gasteiger partial charge < -0.3 is 15.3 Å². The SMILES string of the molecule is Cc1cccc(N2CCCNC(CCO)C2=O)c1. The number of nitrogens with one attached hydrogen (secondary N) is 1. The molecule has 1 saturated heterocycles. The minimum absolute atomic E-state index is 0.0328. The lowest BCUT2D eigenvalue weighted by molar-refractivity contribution is -0.120. The van der Waals surface area contributed by atoms with E-state index in [0.717, 1.165) is 30.8 Å². The van der Waals surface area contributed by atoms with Crippen LogP contribution in [0.1, 0.15) is 18.4 Å². The lowest BCUT2D eigenvalue weighted by Gasteiger charge is -2.24. The molecule has 4 heteroatoms. The molecule has 1 aromatic rings. The zero-order valence-corrected chi connectivity index (χ0v) is 10.7. The predicted octanol–water partition coefficient (Wildman–Crippen LogP) is 1.07. The van der Waals surface area contributed by atoms with Gasteiger partial charge in [-0.05, 0) is 44.0 Å². The summed E-state index contributed by atoms with van der Waals surface area (Å²) >= 11 is 0.